The number of hydrogen-bond donors (Lipinski definition) is 0. The van der Waals surface area contributed by atoms with Crippen LogP contribution in [0.2, 0.25) is 0 Å². The third-order valence-corrected chi connectivity index (χ3v) is 5.61. The van der Waals surface area contributed by atoms with Gasteiger partial charge in [-0.25, -0.2) is 4.98 Å². The van der Waals surface area contributed by atoms with Gasteiger partial charge < -0.3 is 4.90 Å². The summed E-state index contributed by atoms with van der Waals surface area (Å²) in [5.41, 5.74) is 5.26. The van der Waals surface area contributed by atoms with Crippen molar-refractivity contribution < 1.29 is 0 Å². The van der Waals surface area contributed by atoms with E-state index in [0.29, 0.717) is 5.92 Å². The second-order valence-electron chi connectivity index (χ2n) is 7.44. The summed E-state index contributed by atoms with van der Waals surface area (Å²) in [6.07, 6.45) is 8.53. The molecule has 1 aliphatic rings. The molecular formula is C23H27N3. The van der Waals surface area contributed by atoms with E-state index in [9.17, 15) is 0 Å². The average Bonchev–Trinajstić information content (AvgIpc) is 2.69. The van der Waals surface area contributed by atoms with Crippen molar-refractivity contribution in [3.05, 3.63) is 65.5 Å². The van der Waals surface area contributed by atoms with Crippen molar-refractivity contribution in [2.45, 2.75) is 45.4 Å². The highest BCUT2D eigenvalue weighted by Crippen LogP contribution is 2.31. The highest BCUT2D eigenvalue weighted by Gasteiger charge is 2.22. The molecule has 1 aromatic carbocycles. The summed E-state index contributed by atoms with van der Waals surface area (Å²) in [6, 6.07) is 13.5. The van der Waals surface area contributed by atoms with Crippen LogP contribution in [0.4, 0.5) is 5.82 Å². The number of aromatic nitrogens is 2. The Labute approximate surface area is 156 Å². The molecule has 1 fully saturated rings. The van der Waals surface area contributed by atoms with Crippen LogP contribution in [0.3, 0.4) is 0 Å². The number of hydrogen-bond acceptors (Lipinski definition) is 3. The van der Waals surface area contributed by atoms with E-state index < -0.39 is 0 Å². The van der Waals surface area contributed by atoms with E-state index in [2.05, 4.69) is 54.1 Å². The van der Waals surface area contributed by atoms with Crippen molar-refractivity contribution in [3.8, 4) is 0 Å². The molecule has 0 atom stereocenters. The van der Waals surface area contributed by atoms with Gasteiger partial charge in [-0.3, -0.25) is 4.98 Å². The summed E-state index contributed by atoms with van der Waals surface area (Å²) in [6.45, 7) is 6.54. The second kappa shape index (κ2) is 7.45. The quantitative estimate of drug-likeness (QED) is 0.644. The second-order valence-corrected chi connectivity index (χ2v) is 7.44. The van der Waals surface area contributed by atoms with Gasteiger partial charge in [-0.2, -0.15) is 0 Å². The van der Waals surface area contributed by atoms with Crippen molar-refractivity contribution in [1.82, 2.24) is 9.97 Å². The Hall–Kier alpha value is -2.42. The smallest absolute Gasteiger partial charge is 0.129 e. The van der Waals surface area contributed by atoms with Crippen molar-refractivity contribution in [2.24, 2.45) is 0 Å². The fraction of sp³-hybridized carbons (Fsp3) is 0.391. The molecule has 134 valence electrons. The predicted octanol–water partition coefficient (Wildman–Crippen LogP) is 5.27. The molecule has 2 aromatic heterocycles. The largest absolute Gasteiger partial charge is 0.357 e. The van der Waals surface area contributed by atoms with E-state index in [1.807, 2.05) is 18.5 Å². The fourth-order valence-electron chi connectivity index (χ4n) is 4.06. The Bertz CT molecular complexity index is 878. The standard InChI is InChI=1S/C23H27N3/c1-3-4-18-5-7-19(8-6-18)20-10-13-26(14-11-20)23-15-17(2)21-16-24-12-9-22(21)25-23/h5-9,12,15-16,20H,3-4,10-11,13-14H2,1-2H3. The van der Waals surface area contributed by atoms with Crippen LogP contribution in [0, 0.1) is 6.92 Å². The van der Waals surface area contributed by atoms with E-state index in [-0.39, 0.29) is 0 Å². The Kier molecular flexibility index (Phi) is 4.87. The molecule has 1 saturated heterocycles. The monoisotopic (exact) mass is 345 g/mol. The van der Waals surface area contributed by atoms with Crippen LogP contribution < -0.4 is 4.90 Å². The molecule has 0 aliphatic carbocycles. The topological polar surface area (TPSA) is 29.0 Å². The average molecular weight is 345 g/mol. The maximum atomic E-state index is 4.88. The Morgan fingerprint density at radius 3 is 2.58 bits per heavy atom. The van der Waals surface area contributed by atoms with Crippen LogP contribution in [0.15, 0.2) is 48.8 Å². The number of benzene rings is 1. The molecule has 0 amide bonds. The minimum Gasteiger partial charge on any atom is -0.357 e. The summed E-state index contributed by atoms with van der Waals surface area (Å²) >= 11 is 0. The van der Waals surface area contributed by atoms with E-state index in [1.165, 1.54) is 42.4 Å². The maximum Gasteiger partial charge on any atom is 0.129 e. The molecule has 1 aliphatic heterocycles. The van der Waals surface area contributed by atoms with Gasteiger partial charge in [0.15, 0.2) is 0 Å². The Balaban J connectivity index is 1.46. The molecule has 0 saturated carbocycles. The van der Waals surface area contributed by atoms with Crippen LogP contribution in [0.25, 0.3) is 10.9 Å². The van der Waals surface area contributed by atoms with Crippen molar-refractivity contribution in [3.63, 3.8) is 0 Å². The molecule has 0 radical (unpaired) electrons. The number of fused-ring (bicyclic) bond motifs is 1. The van der Waals surface area contributed by atoms with Crippen LogP contribution in [-0.4, -0.2) is 23.1 Å². The van der Waals surface area contributed by atoms with Crippen LogP contribution in [0.1, 0.15) is 48.8 Å². The molecule has 4 rings (SSSR count). The van der Waals surface area contributed by atoms with Crippen molar-refractivity contribution >= 4 is 16.7 Å². The lowest BCUT2D eigenvalue weighted by molar-refractivity contribution is 0.503. The molecule has 0 N–H and O–H groups in total. The summed E-state index contributed by atoms with van der Waals surface area (Å²) in [4.78, 5) is 11.5. The number of nitrogens with zero attached hydrogens (tertiary/aromatic N) is 3. The number of pyridine rings is 2. The van der Waals surface area contributed by atoms with E-state index in [4.69, 9.17) is 4.98 Å². The SMILES string of the molecule is CCCc1ccc(C2CCN(c3cc(C)c4cnccc4n3)CC2)cc1. The Morgan fingerprint density at radius 1 is 1.08 bits per heavy atom. The van der Waals surface area contributed by atoms with Gasteiger partial charge in [0, 0.05) is 30.9 Å². The van der Waals surface area contributed by atoms with E-state index in [1.54, 1.807) is 0 Å². The molecule has 3 nitrogen and oxygen atoms in total. The molecule has 0 unspecified atom stereocenters. The maximum absolute atomic E-state index is 4.88. The number of piperidine rings is 1. The molecule has 3 heterocycles. The highest BCUT2D eigenvalue weighted by molar-refractivity contribution is 5.82. The van der Waals surface area contributed by atoms with Gasteiger partial charge in [0.2, 0.25) is 0 Å². The van der Waals surface area contributed by atoms with Gasteiger partial charge >= 0.3 is 0 Å². The first kappa shape index (κ1) is 17.0. The molecule has 0 spiro atoms. The van der Waals surface area contributed by atoms with E-state index >= 15 is 0 Å². The predicted molar refractivity (Wildman–Crippen MR) is 109 cm³/mol. The third kappa shape index (κ3) is 3.44. The molecular weight excluding hydrogens is 318 g/mol. The summed E-state index contributed by atoms with van der Waals surface area (Å²) in [5.74, 6) is 1.78. The van der Waals surface area contributed by atoms with Crippen LogP contribution >= 0.6 is 0 Å². The van der Waals surface area contributed by atoms with Crippen molar-refractivity contribution in [1.29, 1.82) is 0 Å². The van der Waals surface area contributed by atoms with E-state index in [0.717, 1.165) is 29.8 Å². The van der Waals surface area contributed by atoms with Gasteiger partial charge in [-0.15, -0.1) is 0 Å². The summed E-state index contributed by atoms with van der Waals surface area (Å²) in [7, 11) is 0. The highest BCUT2D eigenvalue weighted by atomic mass is 15.2. The minimum absolute atomic E-state index is 0.674. The first-order chi connectivity index (χ1) is 12.7. The molecule has 3 heteroatoms. The zero-order valence-electron chi connectivity index (χ0n) is 15.8. The lowest BCUT2D eigenvalue weighted by Gasteiger charge is -2.33. The lowest BCUT2D eigenvalue weighted by Crippen LogP contribution is -2.33. The normalized spacial score (nSPS) is 15.5. The minimum atomic E-state index is 0.674. The summed E-state index contributed by atoms with van der Waals surface area (Å²) < 4.78 is 0. The first-order valence-corrected chi connectivity index (χ1v) is 9.79. The Morgan fingerprint density at radius 2 is 1.85 bits per heavy atom. The van der Waals surface area contributed by atoms with Crippen molar-refractivity contribution in [2.75, 3.05) is 18.0 Å². The summed E-state index contributed by atoms with van der Waals surface area (Å²) in [5, 5.41) is 1.15. The molecule has 3 aromatic rings. The van der Waals surface area contributed by atoms with Gasteiger partial charge in [0.1, 0.15) is 5.82 Å². The number of aryl methyl sites for hydroxylation is 2. The number of anilines is 1. The zero-order valence-corrected chi connectivity index (χ0v) is 15.8. The number of rotatable bonds is 4. The van der Waals surface area contributed by atoms with Crippen LogP contribution in [-0.2, 0) is 6.42 Å². The van der Waals surface area contributed by atoms with Gasteiger partial charge in [-0.1, -0.05) is 37.6 Å². The van der Waals surface area contributed by atoms with Gasteiger partial charge in [-0.05, 0) is 60.9 Å². The molecule has 26 heavy (non-hydrogen) atoms. The van der Waals surface area contributed by atoms with Gasteiger partial charge in [0.05, 0.1) is 5.52 Å². The lowest BCUT2D eigenvalue weighted by atomic mass is 9.88. The first-order valence-electron chi connectivity index (χ1n) is 9.79. The zero-order chi connectivity index (χ0) is 17.9. The fourth-order valence-corrected chi connectivity index (χ4v) is 4.06. The molecule has 0 bridgehead atoms. The van der Waals surface area contributed by atoms with Gasteiger partial charge in [0.25, 0.3) is 0 Å². The third-order valence-electron chi connectivity index (χ3n) is 5.61. The van der Waals surface area contributed by atoms with Crippen LogP contribution in [0.5, 0.6) is 0 Å².